The van der Waals surface area contributed by atoms with Crippen LogP contribution in [0.4, 0.5) is 0 Å². The van der Waals surface area contributed by atoms with Crippen molar-refractivity contribution in [1.82, 2.24) is 4.31 Å². The highest BCUT2D eigenvalue weighted by Gasteiger charge is 2.35. The van der Waals surface area contributed by atoms with E-state index in [1.165, 1.54) is 11.3 Å². The third-order valence-corrected chi connectivity index (χ3v) is 7.76. The van der Waals surface area contributed by atoms with E-state index in [0.29, 0.717) is 23.6 Å². The number of piperidine rings is 1. The Bertz CT molecular complexity index is 636. The summed E-state index contributed by atoms with van der Waals surface area (Å²) in [4.78, 5) is 11.7. The molecule has 1 atom stereocenters. The summed E-state index contributed by atoms with van der Waals surface area (Å²) in [6, 6.07) is 1.83. The Kier molecular flexibility index (Phi) is 5.63. The molecule has 0 aliphatic carbocycles. The van der Waals surface area contributed by atoms with Gasteiger partial charge in [-0.3, -0.25) is 4.79 Å². The second-order valence-corrected chi connectivity index (χ2v) is 9.22. The summed E-state index contributed by atoms with van der Waals surface area (Å²) in [6.07, 6.45) is 3.94. The standard InChI is InChI=1S/C15H23NO4S2/c1-11-10-12(2)21-15(11)22(19,20)16-9-4-3-6-13(16)7-5-8-14(17)18/h10,13H,3-9H2,1-2H3,(H,17,18). The Morgan fingerprint density at radius 3 is 2.73 bits per heavy atom. The third kappa shape index (κ3) is 3.88. The SMILES string of the molecule is Cc1cc(C)c(S(=O)(=O)N2CCCCC2CCCC(=O)O)s1. The quantitative estimate of drug-likeness (QED) is 0.859. The molecule has 1 aromatic heterocycles. The minimum absolute atomic E-state index is 0.0695. The lowest BCUT2D eigenvalue weighted by molar-refractivity contribution is -0.137. The number of hydrogen-bond acceptors (Lipinski definition) is 4. The molecular weight excluding hydrogens is 322 g/mol. The van der Waals surface area contributed by atoms with E-state index < -0.39 is 16.0 Å². The predicted molar refractivity (Wildman–Crippen MR) is 86.8 cm³/mol. The molecule has 0 radical (unpaired) electrons. The first-order chi connectivity index (χ1) is 10.3. The minimum atomic E-state index is -3.47. The topological polar surface area (TPSA) is 74.7 Å². The van der Waals surface area contributed by atoms with Gasteiger partial charge in [0, 0.05) is 23.9 Å². The van der Waals surface area contributed by atoms with Crippen molar-refractivity contribution in [1.29, 1.82) is 0 Å². The molecule has 0 aromatic carbocycles. The summed E-state index contributed by atoms with van der Waals surface area (Å²) in [5.41, 5.74) is 0.803. The molecule has 0 saturated carbocycles. The normalized spacial score (nSPS) is 20.2. The van der Waals surface area contributed by atoms with Gasteiger partial charge in [-0.05, 0) is 51.2 Å². The van der Waals surface area contributed by atoms with E-state index in [9.17, 15) is 13.2 Å². The minimum Gasteiger partial charge on any atom is -0.481 e. The maximum atomic E-state index is 12.9. The Hall–Kier alpha value is -0.920. The lowest BCUT2D eigenvalue weighted by Gasteiger charge is -2.34. The largest absolute Gasteiger partial charge is 0.481 e. The molecule has 0 amide bonds. The van der Waals surface area contributed by atoms with Gasteiger partial charge in [0.1, 0.15) is 4.21 Å². The molecule has 0 bridgehead atoms. The lowest BCUT2D eigenvalue weighted by atomic mass is 10.00. The molecule has 1 aliphatic rings. The number of aliphatic carboxylic acids is 1. The van der Waals surface area contributed by atoms with Crippen LogP contribution in [-0.4, -0.2) is 36.4 Å². The molecule has 1 saturated heterocycles. The van der Waals surface area contributed by atoms with Crippen LogP contribution in [0.2, 0.25) is 0 Å². The van der Waals surface area contributed by atoms with Crippen molar-refractivity contribution in [3.63, 3.8) is 0 Å². The zero-order chi connectivity index (χ0) is 16.3. The number of rotatable bonds is 6. The van der Waals surface area contributed by atoms with Gasteiger partial charge in [0.05, 0.1) is 0 Å². The molecule has 1 N–H and O–H groups in total. The lowest BCUT2D eigenvalue weighted by Crippen LogP contribution is -2.43. The van der Waals surface area contributed by atoms with E-state index >= 15 is 0 Å². The average molecular weight is 345 g/mol. The van der Waals surface area contributed by atoms with Crippen molar-refractivity contribution in [3.8, 4) is 0 Å². The van der Waals surface area contributed by atoms with Crippen LogP contribution < -0.4 is 0 Å². The highest BCUT2D eigenvalue weighted by molar-refractivity contribution is 7.91. The van der Waals surface area contributed by atoms with Crippen LogP contribution in [-0.2, 0) is 14.8 Å². The number of carboxylic acid groups (broad SMARTS) is 1. The van der Waals surface area contributed by atoms with Crippen LogP contribution in [0.3, 0.4) is 0 Å². The molecule has 124 valence electrons. The first-order valence-corrected chi connectivity index (χ1v) is 9.88. The van der Waals surface area contributed by atoms with Gasteiger partial charge in [-0.15, -0.1) is 11.3 Å². The summed E-state index contributed by atoms with van der Waals surface area (Å²) < 4.78 is 27.9. The fourth-order valence-corrected chi connectivity index (χ4v) is 6.55. The number of sulfonamides is 1. The van der Waals surface area contributed by atoms with E-state index in [-0.39, 0.29) is 12.5 Å². The molecule has 1 aromatic rings. The number of nitrogens with zero attached hydrogens (tertiary/aromatic N) is 1. The summed E-state index contributed by atoms with van der Waals surface area (Å²) in [5.74, 6) is -0.824. The Morgan fingerprint density at radius 2 is 2.14 bits per heavy atom. The predicted octanol–water partition coefficient (Wildman–Crippen LogP) is 3.16. The molecule has 0 spiro atoms. The van der Waals surface area contributed by atoms with E-state index in [2.05, 4.69) is 0 Å². The first-order valence-electron chi connectivity index (χ1n) is 7.63. The molecule has 5 nitrogen and oxygen atoms in total. The van der Waals surface area contributed by atoms with Crippen molar-refractivity contribution < 1.29 is 18.3 Å². The zero-order valence-electron chi connectivity index (χ0n) is 13.0. The second kappa shape index (κ2) is 7.10. The third-order valence-electron chi connectivity index (χ3n) is 4.04. The van der Waals surface area contributed by atoms with Gasteiger partial charge in [0.2, 0.25) is 0 Å². The van der Waals surface area contributed by atoms with Crippen LogP contribution in [0.25, 0.3) is 0 Å². The number of carbonyl (C=O) groups is 1. The molecule has 22 heavy (non-hydrogen) atoms. The van der Waals surface area contributed by atoms with Crippen molar-refractivity contribution in [2.45, 2.75) is 62.6 Å². The number of hydrogen-bond donors (Lipinski definition) is 1. The number of aryl methyl sites for hydroxylation is 2. The maximum absolute atomic E-state index is 12.9. The van der Waals surface area contributed by atoms with Crippen LogP contribution in [0, 0.1) is 13.8 Å². The Labute approximate surface area is 136 Å². The highest BCUT2D eigenvalue weighted by Crippen LogP contribution is 2.33. The van der Waals surface area contributed by atoms with Crippen LogP contribution in [0.15, 0.2) is 10.3 Å². The Balaban J connectivity index is 2.19. The van der Waals surface area contributed by atoms with Gasteiger partial charge in [0.15, 0.2) is 0 Å². The number of thiophene rings is 1. The first kappa shape index (κ1) is 17.4. The van der Waals surface area contributed by atoms with E-state index in [0.717, 1.165) is 29.7 Å². The van der Waals surface area contributed by atoms with Crippen molar-refractivity contribution in [2.24, 2.45) is 0 Å². The van der Waals surface area contributed by atoms with Crippen LogP contribution in [0.5, 0.6) is 0 Å². The molecule has 2 rings (SSSR count). The molecule has 1 fully saturated rings. The van der Waals surface area contributed by atoms with E-state index in [4.69, 9.17) is 5.11 Å². The fraction of sp³-hybridized carbons (Fsp3) is 0.667. The van der Waals surface area contributed by atoms with Gasteiger partial charge in [-0.2, -0.15) is 4.31 Å². The molecule has 7 heteroatoms. The zero-order valence-corrected chi connectivity index (χ0v) is 14.7. The summed E-state index contributed by atoms with van der Waals surface area (Å²) in [7, 11) is -3.47. The second-order valence-electron chi connectivity index (χ2n) is 5.88. The maximum Gasteiger partial charge on any atom is 0.303 e. The van der Waals surface area contributed by atoms with Crippen molar-refractivity contribution in [3.05, 3.63) is 16.5 Å². The fourth-order valence-electron chi connectivity index (χ4n) is 3.05. The van der Waals surface area contributed by atoms with Gasteiger partial charge >= 0.3 is 5.97 Å². The summed E-state index contributed by atoms with van der Waals surface area (Å²) >= 11 is 1.32. The average Bonchev–Trinajstić information content (AvgIpc) is 2.78. The van der Waals surface area contributed by atoms with Gasteiger partial charge < -0.3 is 5.11 Å². The van der Waals surface area contributed by atoms with Crippen LogP contribution >= 0.6 is 11.3 Å². The smallest absolute Gasteiger partial charge is 0.303 e. The van der Waals surface area contributed by atoms with Gasteiger partial charge in [-0.1, -0.05) is 6.42 Å². The summed E-state index contributed by atoms with van der Waals surface area (Å²) in [5, 5.41) is 8.76. The van der Waals surface area contributed by atoms with E-state index in [1.807, 2.05) is 19.9 Å². The molecule has 1 aliphatic heterocycles. The van der Waals surface area contributed by atoms with Crippen molar-refractivity contribution >= 4 is 27.3 Å². The summed E-state index contributed by atoms with van der Waals surface area (Å²) in [6.45, 7) is 4.29. The monoisotopic (exact) mass is 345 g/mol. The highest BCUT2D eigenvalue weighted by atomic mass is 32.2. The van der Waals surface area contributed by atoms with Crippen molar-refractivity contribution in [2.75, 3.05) is 6.54 Å². The molecular formula is C15H23NO4S2. The number of carboxylic acids is 1. The van der Waals surface area contributed by atoms with E-state index in [1.54, 1.807) is 4.31 Å². The molecule has 2 heterocycles. The van der Waals surface area contributed by atoms with Gasteiger partial charge in [0.25, 0.3) is 10.0 Å². The van der Waals surface area contributed by atoms with Crippen LogP contribution in [0.1, 0.15) is 49.0 Å². The molecule has 1 unspecified atom stereocenters. The Morgan fingerprint density at radius 1 is 1.41 bits per heavy atom. The van der Waals surface area contributed by atoms with Gasteiger partial charge in [-0.25, -0.2) is 8.42 Å².